The van der Waals surface area contributed by atoms with Gasteiger partial charge >= 0.3 is 5.76 Å². The maximum absolute atomic E-state index is 13.5. The fourth-order valence-corrected chi connectivity index (χ4v) is 4.00. The second kappa shape index (κ2) is 8.39. The van der Waals surface area contributed by atoms with Crippen LogP contribution in [-0.4, -0.2) is 46.4 Å². The van der Waals surface area contributed by atoms with Crippen LogP contribution in [0.4, 0.5) is 10.2 Å². The van der Waals surface area contributed by atoms with Crippen molar-refractivity contribution in [3.05, 3.63) is 94.4 Å². The number of carbonyl (C=O) groups excluding carboxylic acids is 1. The molecule has 0 amide bonds. The SMILES string of the molecule is O=C(c1cccc(F)c1)c1ccc2c(c1)oc(=O)n2CN1CCN(c2ccccn2)CC1. The molecule has 1 aliphatic heterocycles. The average Bonchev–Trinajstić information content (AvgIpc) is 3.13. The molecule has 0 bridgehead atoms. The molecule has 0 saturated carbocycles. The number of aromatic nitrogens is 2. The summed E-state index contributed by atoms with van der Waals surface area (Å²) in [7, 11) is 0. The third kappa shape index (κ3) is 3.92. The van der Waals surface area contributed by atoms with Gasteiger partial charge in [0, 0.05) is 43.5 Å². The molecule has 32 heavy (non-hydrogen) atoms. The lowest BCUT2D eigenvalue weighted by atomic mass is 10.0. The van der Waals surface area contributed by atoms with E-state index in [2.05, 4.69) is 14.8 Å². The summed E-state index contributed by atoms with van der Waals surface area (Å²) < 4.78 is 20.5. The Hall–Kier alpha value is -3.78. The monoisotopic (exact) mass is 432 g/mol. The number of fused-ring (bicyclic) bond motifs is 1. The van der Waals surface area contributed by atoms with Crippen LogP contribution >= 0.6 is 0 Å². The Kier molecular flexibility index (Phi) is 5.28. The first-order valence-corrected chi connectivity index (χ1v) is 10.4. The van der Waals surface area contributed by atoms with Crippen molar-refractivity contribution < 1.29 is 13.6 Å². The van der Waals surface area contributed by atoms with Crippen molar-refractivity contribution in [3.8, 4) is 0 Å². The van der Waals surface area contributed by atoms with Crippen LogP contribution in [0.5, 0.6) is 0 Å². The van der Waals surface area contributed by atoms with E-state index >= 15 is 0 Å². The average molecular weight is 432 g/mol. The number of piperazine rings is 1. The van der Waals surface area contributed by atoms with E-state index in [4.69, 9.17) is 4.42 Å². The minimum Gasteiger partial charge on any atom is -0.408 e. The standard InChI is InChI=1S/C24H21FN4O3/c25-19-5-3-4-17(14-19)23(30)18-7-8-20-21(15-18)32-24(31)29(20)16-27-10-12-28(13-11-27)22-6-1-2-9-26-22/h1-9,14-15H,10-13,16H2. The molecule has 1 saturated heterocycles. The number of rotatable bonds is 5. The number of nitrogens with zero attached hydrogens (tertiary/aromatic N) is 4. The molecule has 0 radical (unpaired) electrons. The summed E-state index contributed by atoms with van der Waals surface area (Å²) in [5, 5.41) is 0. The Bertz CT molecular complexity index is 1320. The summed E-state index contributed by atoms with van der Waals surface area (Å²) in [6.45, 7) is 3.60. The number of halogens is 1. The third-order valence-electron chi connectivity index (χ3n) is 5.70. The van der Waals surface area contributed by atoms with Gasteiger partial charge in [-0.1, -0.05) is 18.2 Å². The number of hydrogen-bond acceptors (Lipinski definition) is 6. The molecule has 2 aromatic carbocycles. The Morgan fingerprint density at radius 2 is 1.78 bits per heavy atom. The van der Waals surface area contributed by atoms with Crippen molar-refractivity contribution in [3.63, 3.8) is 0 Å². The first-order chi connectivity index (χ1) is 15.6. The highest BCUT2D eigenvalue weighted by Crippen LogP contribution is 2.20. The highest BCUT2D eigenvalue weighted by atomic mass is 19.1. The van der Waals surface area contributed by atoms with Crippen LogP contribution in [0.2, 0.25) is 0 Å². The molecule has 3 heterocycles. The molecule has 4 aromatic rings. The minimum absolute atomic E-state index is 0.247. The molecule has 5 rings (SSSR count). The van der Waals surface area contributed by atoms with Gasteiger partial charge in [0.1, 0.15) is 11.6 Å². The Morgan fingerprint density at radius 3 is 2.53 bits per heavy atom. The predicted octanol–water partition coefficient (Wildman–Crippen LogP) is 3.14. The van der Waals surface area contributed by atoms with E-state index in [1.54, 1.807) is 35.0 Å². The number of oxazole rings is 1. The van der Waals surface area contributed by atoms with Crippen LogP contribution in [0.25, 0.3) is 11.1 Å². The van der Waals surface area contributed by atoms with Gasteiger partial charge in [-0.05, 0) is 42.5 Å². The van der Waals surface area contributed by atoms with Crippen molar-refractivity contribution in [2.45, 2.75) is 6.67 Å². The van der Waals surface area contributed by atoms with Crippen LogP contribution in [0.3, 0.4) is 0 Å². The van der Waals surface area contributed by atoms with Crippen LogP contribution < -0.4 is 10.7 Å². The van der Waals surface area contributed by atoms with Gasteiger partial charge in [-0.2, -0.15) is 0 Å². The molecule has 1 fully saturated rings. The van der Waals surface area contributed by atoms with Gasteiger partial charge in [0.05, 0.1) is 12.2 Å². The van der Waals surface area contributed by atoms with Gasteiger partial charge in [0.25, 0.3) is 0 Å². The number of hydrogen-bond donors (Lipinski definition) is 0. The van der Waals surface area contributed by atoms with E-state index in [0.29, 0.717) is 23.3 Å². The van der Waals surface area contributed by atoms with Crippen molar-refractivity contribution >= 4 is 22.7 Å². The van der Waals surface area contributed by atoms with E-state index in [9.17, 15) is 14.0 Å². The zero-order chi connectivity index (χ0) is 22.1. The lowest BCUT2D eigenvalue weighted by Crippen LogP contribution is -2.47. The van der Waals surface area contributed by atoms with Crippen LogP contribution in [0, 0.1) is 5.82 Å². The van der Waals surface area contributed by atoms with E-state index in [0.717, 1.165) is 32.0 Å². The Morgan fingerprint density at radius 1 is 0.969 bits per heavy atom. The maximum Gasteiger partial charge on any atom is 0.421 e. The van der Waals surface area contributed by atoms with E-state index in [-0.39, 0.29) is 11.3 Å². The molecule has 8 heteroatoms. The highest BCUT2D eigenvalue weighted by molar-refractivity contribution is 6.10. The maximum atomic E-state index is 13.5. The second-order valence-electron chi connectivity index (χ2n) is 7.75. The van der Waals surface area contributed by atoms with Gasteiger partial charge in [0.15, 0.2) is 11.4 Å². The quantitative estimate of drug-likeness (QED) is 0.451. The summed E-state index contributed by atoms with van der Waals surface area (Å²) >= 11 is 0. The van der Waals surface area contributed by atoms with E-state index in [1.165, 1.54) is 18.2 Å². The smallest absolute Gasteiger partial charge is 0.408 e. The second-order valence-corrected chi connectivity index (χ2v) is 7.75. The van der Waals surface area contributed by atoms with Gasteiger partial charge in [-0.15, -0.1) is 0 Å². The molecular formula is C24H21FN4O3. The molecule has 0 atom stereocenters. The van der Waals surface area contributed by atoms with Crippen molar-refractivity contribution in [2.75, 3.05) is 31.1 Å². The molecule has 0 aliphatic carbocycles. The van der Waals surface area contributed by atoms with Gasteiger partial charge < -0.3 is 9.32 Å². The number of ketones is 1. The van der Waals surface area contributed by atoms with E-state index < -0.39 is 11.6 Å². The lowest BCUT2D eigenvalue weighted by molar-refractivity contribution is 0.103. The first-order valence-electron chi connectivity index (χ1n) is 10.4. The molecule has 2 aromatic heterocycles. The Balaban J connectivity index is 1.33. The Labute approximate surface area is 183 Å². The fraction of sp³-hybridized carbons (Fsp3) is 0.208. The molecule has 0 spiro atoms. The summed E-state index contributed by atoms with van der Waals surface area (Å²) in [6, 6.07) is 16.3. The van der Waals surface area contributed by atoms with Crippen molar-refractivity contribution in [1.29, 1.82) is 0 Å². The van der Waals surface area contributed by atoms with E-state index in [1.807, 2.05) is 18.2 Å². The lowest BCUT2D eigenvalue weighted by Gasteiger charge is -2.35. The molecular weight excluding hydrogens is 411 g/mol. The topological polar surface area (TPSA) is 71.6 Å². The molecule has 162 valence electrons. The van der Waals surface area contributed by atoms with Gasteiger partial charge in [-0.3, -0.25) is 14.3 Å². The van der Waals surface area contributed by atoms with Gasteiger partial charge in [0.2, 0.25) is 0 Å². The molecule has 0 unspecified atom stereocenters. The highest BCUT2D eigenvalue weighted by Gasteiger charge is 2.21. The number of carbonyl (C=O) groups is 1. The number of benzene rings is 2. The van der Waals surface area contributed by atoms with Crippen molar-refractivity contribution in [1.82, 2.24) is 14.5 Å². The molecule has 1 aliphatic rings. The summed E-state index contributed by atoms with van der Waals surface area (Å²) in [6.07, 6.45) is 1.78. The zero-order valence-electron chi connectivity index (χ0n) is 17.3. The third-order valence-corrected chi connectivity index (χ3v) is 5.70. The van der Waals surface area contributed by atoms with Crippen LogP contribution in [-0.2, 0) is 6.67 Å². The largest absolute Gasteiger partial charge is 0.421 e. The minimum atomic E-state index is -0.474. The summed E-state index contributed by atoms with van der Waals surface area (Å²) in [4.78, 5) is 34.0. The van der Waals surface area contributed by atoms with Crippen LogP contribution in [0.15, 0.2) is 76.1 Å². The number of anilines is 1. The van der Waals surface area contributed by atoms with Crippen LogP contribution in [0.1, 0.15) is 15.9 Å². The summed E-state index contributed by atoms with van der Waals surface area (Å²) in [5.74, 6) is -0.318. The zero-order valence-corrected chi connectivity index (χ0v) is 17.3. The van der Waals surface area contributed by atoms with Crippen molar-refractivity contribution in [2.24, 2.45) is 0 Å². The number of pyridine rings is 1. The fourth-order valence-electron chi connectivity index (χ4n) is 4.00. The molecule has 7 nitrogen and oxygen atoms in total. The predicted molar refractivity (Wildman–Crippen MR) is 118 cm³/mol. The first kappa shape index (κ1) is 20.1. The molecule has 0 N–H and O–H groups in total. The van der Waals surface area contributed by atoms with Gasteiger partial charge in [-0.25, -0.2) is 14.2 Å². The normalized spacial score (nSPS) is 14.7. The summed E-state index contributed by atoms with van der Waals surface area (Å²) in [5.41, 5.74) is 1.55.